The minimum atomic E-state index is 0.199. The first kappa shape index (κ1) is 17.7. The topological polar surface area (TPSA) is 52.0 Å². The number of hydrogen-bond acceptors (Lipinski definition) is 2. The van der Waals surface area contributed by atoms with Crippen LogP contribution in [0.15, 0.2) is 72.3 Å². The second-order valence-electron chi connectivity index (χ2n) is 6.92. The molecule has 2 aromatic carbocycles. The van der Waals surface area contributed by atoms with E-state index in [1.54, 1.807) is 0 Å². The molecule has 0 atom stereocenters. The fraction of sp³-hybridized carbons (Fsp3) is 0.261. The Morgan fingerprint density at radius 1 is 0.840 bits per heavy atom. The van der Waals surface area contributed by atoms with E-state index in [-0.39, 0.29) is 5.92 Å². The highest BCUT2D eigenvalue weighted by Crippen LogP contribution is 2.43. The minimum Gasteiger partial charge on any atom is -0.326 e. The van der Waals surface area contributed by atoms with E-state index in [0.29, 0.717) is 19.0 Å². The molecule has 0 unspecified atom stereocenters. The van der Waals surface area contributed by atoms with Crippen LogP contribution in [0.3, 0.4) is 0 Å². The molecule has 25 heavy (non-hydrogen) atoms. The quantitative estimate of drug-likeness (QED) is 0.821. The van der Waals surface area contributed by atoms with Crippen molar-refractivity contribution in [1.29, 1.82) is 0 Å². The van der Waals surface area contributed by atoms with Gasteiger partial charge in [-0.05, 0) is 28.2 Å². The van der Waals surface area contributed by atoms with E-state index in [0.717, 1.165) is 11.1 Å². The fourth-order valence-corrected chi connectivity index (χ4v) is 3.59. The Hall–Kier alpha value is -2.16. The maximum absolute atomic E-state index is 5.88. The molecule has 0 saturated carbocycles. The molecule has 1 aliphatic carbocycles. The number of hydrogen-bond donors (Lipinski definition) is 2. The minimum absolute atomic E-state index is 0.199. The molecule has 0 bridgehead atoms. The van der Waals surface area contributed by atoms with E-state index < -0.39 is 0 Å². The lowest BCUT2D eigenvalue weighted by molar-refractivity contribution is 0.724. The maximum atomic E-state index is 5.88. The zero-order chi connectivity index (χ0) is 17.8. The van der Waals surface area contributed by atoms with Crippen LogP contribution in [0.2, 0.25) is 0 Å². The molecule has 3 rings (SSSR count). The summed E-state index contributed by atoms with van der Waals surface area (Å²) in [6, 6.07) is 17.3. The SMILES string of the molecule is CC(C)C1=CC=C[C]1C(c1cccc(CN)c1)c1cccc(CN)c1. The summed E-state index contributed by atoms with van der Waals surface area (Å²) < 4.78 is 0. The zero-order valence-corrected chi connectivity index (χ0v) is 15.1. The Labute approximate surface area is 151 Å². The number of nitrogens with two attached hydrogens (primary N) is 2. The van der Waals surface area contributed by atoms with E-state index >= 15 is 0 Å². The van der Waals surface area contributed by atoms with Gasteiger partial charge >= 0.3 is 0 Å². The van der Waals surface area contributed by atoms with Crippen molar-refractivity contribution in [2.24, 2.45) is 17.4 Å². The Balaban J connectivity index is 2.11. The summed E-state index contributed by atoms with van der Waals surface area (Å²) in [5.41, 5.74) is 18.1. The Kier molecular flexibility index (Phi) is 5.52. The van der Waals surface area contributed by atoms with Gasteiger partial charge in [-0.15, -0.1) is 0 Å². The first-order valence-corrected chi connectivity index (χ1v) is 8.97. The van der Waals surface area contributed by atoms with Gasteiger partial charge < -0.3 is 11.5 Å². The Morgan fingerprint density at radius 3 is 1.88 bits per heavy atom. The zero-order valence-electron chi connectivity index (χ0n) is 15.1. The highest BCUT2D eigenvalue weighted by atomic mass is 14.5. The second-order valence-corrected chi connectivity index (χ2v) is 6.92. The van der Waals surface area contributed by atoms with Crippen molar-refractivity contribution < 1.29 is 0 Å². The summed E-state index contributed by atoms with van der Waals surface area (Å²) in [5, 5.41) is 0. The molecule has 1 aliphatic rings. The molecule has 2 nitrogen and oxygen atoms in total. The van der Waals surface area contributed by atoms with Crippen molar-refractivity contribution in [3.8, 4) is 0 Å². The summed E-state index contributed by atoms with van der Waals surface area (Å²) >= 11 is 0. The van der Waals surface area contributed by atoms with Gasteiger partial charge in [-0.2, -0.15) is 0 Å². The summed E-state index contributed by atoms with van der Waals surface area (Å²) in [6.45, 7) is 5.62. The lowest BCUT2D eigenvalue weighted by atomic mass is 9.75. The predicted molar refractivity (Wildman–Crippen MR) is 106 cm³/mol. The lowest BCUT2D eigenvalue weighted by Gasteiger charge is -2.28. The molecular formula is C23H27N2. The van der Waals surface area contributed by atoms with Gasteiger partial charge in [0.25, 0.3) is 0 Å². The van der Waals surface area contributed by atoms with Crippen molar-refractivity contribution in [3.63, 3.8) is 0 Å². The monoisotopic (exact) mass is 331 g/mol. The fourth-order valence-electron chi connectivity index (χ4n) is 3.59. The van der Waals surface area contributed by atoms with Gasteiger partial charge in [0.15, 0.2) is 0 Å². The van der Waals surface area contributed by atoms with E-state index in [9.17, 15) is 0 Å². The van der Waals surface area contributed by atoms with Crippen LogP contribution in [0.4, 0.5) is 0 Å². The Bertz CT molecular complexity index is 739. The molecule has 2 heteroatoms. The first-order valence-electron chi connectivity index (χ1n) is 8.97. The van der Waals surface area contributed by atoms with Crippen LogP contribution in [-0.2, 0) is 13.1 Å². The number of rotatable bonds is 6. The maximum Gasteiger partial charge on any atom is 0.0346 e. The van der Waals surface area contributed by atoms with Crippen LogP contribution >= 0.6 is 0 Å². The smallest absolute Gasteiger partial charge is 0.0346 e. The normalized spacial score (nSPS) is 14.6. The predicted octanol–water partition coefficient (Wildman–Crippen LogP) is 4.46. The largest absolute Gasteiger partial charge is 0.326 e. The number of benzene rings is 2. The van der Waals surface area contributed by atoms with Crippen LogP contribution < -0.4 is 11.5 Å². The molecule has 2 aromatic rings. The van der Waals surface area contributed by atoms with Gasteiger partial charge in [0.2, 0.25) is 0 Å². The molecular weight excluding hydrogens is 304 g/mol. The van der Waals surface area contributed by atoms with Crippen LogP contribution in [0.25, 0.3) is 0 Å². The molecule has 0 amide bonds. The van der Waals surface area contributed by atoms with Crippen molar-refractivity contribution in [2.45, 2.75) is 32.9 Å². The van der Waals surface area contributed by atoms with Crippen LogP contribution in [0.1, 0.15) is 42.0 Å². The summed E-state index contributed by atoms with van der Waals surface area (Å²) in [7, 11) is 0. The van der Waals surface area contributed by atoms with Crippen LogP contribution in [-0.4, -0.2) is 0 Å². The third kappa shape index (κ3) is 3.76. The summed E-state index contributed by atoms with van der Waals surface area (Å²) in [4.78, 5) is 0. The highest BCUT2D eigenvalue weighted by molar-refractivity contribution is 5.55. The van der Waals surface area contributed by atoms with Crippen LogP contribution in [0.5, 0.6) is 0 Å². The van der Waals surface area contributed by atoms with E-state index in [4.69, 9.17) is 11.5 Å². The van der Waals surface area contributed by atoms with E-state index in [1.165, 1.54) is 22.6 Å². The highest BCUT2D eigenvalue weighted by Gasteiger charge is 2.30. The first-order chi connectivity index (χ1) is 12.1. The molecule has 0 aromatic heterocycles. The van der Waals surface area contributed by atoms with Crippen LogP contribution in [0, 0.1) is 11.8 Å². The van der Waals surface area contributed by atoms with Crippen molar-refractivity contribution in [3.05, 3.63) is 101 Å². The second kappa shape index (κ2) is 7.81. The molecule has 0 fully saturated rings. The molecule has 4 N–H and O–H groups in total. The lowest BCUT2D eigenvalue weighted by Crippen LogP contribution is -2.15. The summed E-state index contributed by atoms with van der Waals surface area (Å²) in [5.74, 6) is 2.06. The van der Waals surface area contributed by atoms with Gasteiger partial charge in [0, 0.05) is 24.9 Å². The molecule has 0 heterocycles. The van der Waals surface area contributed by atoms with Gasteiger partial charge in [0.05, 0.1) is 0 Å². The molecule has 0 saturated heterocycles. The average molecular weight is 331 g/mol. The van der Waals surface area contributed by atoms with Gasteiger partial charge in [0.1, 0.15) is 0 Å². The van der Waals surface area contributed by atoms with Gasteiger partial charge in [-0.3, -0.25) is 0 Å². The molecule has 0 aliphatic heterocycles. The summed E-state index contributed by atoms with van der Waals surface area (Å²) in [6.07, 6.45) is 6.66. The van der Waals surface area contributed by atoms with Crippen molar-refractivity contribution >= 4 is 0 Å². The third-order valence-corrected chi connectivity index (χ3v) is 4.86. The Morgan fingerprint density at radius 2 is 1.40 bits per heavy atom. The third-order valence-electron chi connectivity index (χ3n) is 4.86. The van der Waals surface area contributed by atoms with Crippen molar-refractivity contribution in [1.82, 2.24) is 0 Å². The molecule has 0 spiro atoms. The van der Waals surface area contributed by atoms with Gasteiger partial charge in [-0.25, -0.2) is 0 Å². The molecule has 1 radical (unpaired) electrons. The van der Waals surface area contributed by atoms with Gasteiger partial charge in [-0.1, -0.05) is 86.2 Å². The van der Waals surface area contributed by atoms with Crippen molar-refractivity contribution in [2.75, 3.05) is 0 Å². The number of allylic oxidation sites excluding steroid dienone is 4. The van der Waals surface area contributed by atoms with E-state index in [1.807, 2.05) is 0 Å². The average Bonchev–Trinajstić information content (AvgIpc) is 3.12. The molecule has 129 valence electrons. The van der Waals surface area contributed by atoms with E-state index in [2.05, 4.69) is 80.6 Å². The standard InChI is InChI=1S/C23H27N2/c1-16(2)21-10-5-11-22(21)23(19-8-3-6-17(12-19)14-24)20-9-4-7-18(13-20)15-25/h3-13,16,23H,14-15,24-25H2,1-2H3.